The van der Waals surface area contributed by atoms with Crippen molar-refractivity contribution in [2.24, 2.45) is 0 Å². The highest BCUT2D eigenvalue weighted by Gasteiger charge is 2.16. The number of benzene rings is 3. The lowest BCUT2D eigenvalue weighted by Gasteiger charge is -2.28. The van der Waals surface area contributed by atoms with Crippen LogP contribution in [-0.4, -0.2) is 60.0 Å². The van der Waals surface area contributed by atoms with E-state index < -0.39 is 0 Å². The van der Waals surface area contributed by atoms with Crippen molar-refractivity contribution >= 4 is 39.9 Å². The average Bonchev–Trinajstić information content (AvgIpc) is 3.35. The molecule has 198 valence electrons. The maximum atomic E-state index is 5.46. The topological polar surface area (TPSA) is 98.6 Å². The van der Waals surface area contributed by atoms with E-state index in [-0.39, 0.29) is 0 Å². The summed E-state index contributed by atoms with van der Waals surface area (Å²) in [5.41, 5.74) is 4.64. The first-order chi connectivity index (χ1) is 19.2. The molecule has 2 aromatic heterocycles. The molecule has 0 spiro atoms. The summed E-state index contributed by atoms with van der Waals surface area (Å²) in [5, 5.41) is 6.82. The molecule has 1 aliphatic heterocycles. The Morgan fingerprint density at radius 3 is 2.28 bits per heavy atom. The summed E-state index contributed by atoms with van der Waals surface area (Å²) >= 11 is 0. The van der Waals surface area contributed by atoms with E-state index in [0.717, 1.165) is 48.7 Å². The number of hydrogen-bond acceptors (Lipinski definition) is 9. The molecule has 10 nitrogen and oxygen atoms in total. The summed E-state index contributed by atoms with van der Waals surface area (Å²) in [4.78, 5) is 16.2. The zero-order valence-electron chi connectivity index (χ0n) is 21.8. The zero-order valence-corrected chi connectivity index (χ0v) is 21.8. The maximum absolute atomic E-state index is 5.46. The van der Waals surface area contributed by atoms with Gasteiger partial charge in [0.1, 0.15) is 29.5 Å². The van der Waals surface area contributed by atoms with Gasteiger partial charge in [-0.15, -0.1) is 0 Å². The molecule has 39 heavy (non-hydrogen) atoms. The predicted octanol–water partition coefficient (Wildman–Crippen LogP) is 5.16. The van der Waals surface area contributed by atoms with Crippen LogP contribution in [0.15, 0.2) is 79.1 Å². The fourth-order valence-corrected chi connectivity index (χ4v) is 4.61. The van der Waals surface area contributed by atoms with Crippen molar-refractivity contribution in [3.8, 4) is 17.3 Å². The van der Waals surface area contributed by atoms with Crippen LogP contribution in [0.5, 0.6) is 11.5 Å². The van der Waals surface area contributed by atoms with Crippen molar-refractivity contribution in [2.75, 3.05) is 56.1 Å². The summed E-state index contributed by atoms with van der Waals surface area (Å²) in [7, 11) is 3.25. The van der Waals surface area contributed by atoms with E-state index in [9.17, 15) is 0 Å². The number of morpholine rings is 1. The largest absolute Gasteiger partial charge is 0.497 e. The molecule has 2 N–H and O–H groups in total. The van der Waals surface area contributed by atoms with E-state index in [1.54, 1.807) is 20.5 Å². The molecule has 3 heterocycles. The van der Waals surface area contributed by atoms with Crippen LogP contribution in [0.2, 0.25) is 0 Å². The number of imidazole rings is 1. The van der Waals surface area contributed by atoms with E-state index in [2.05, 4.69) is 49.8 Å². The van der Waals surface area contributed by atoms with Gasteiger partial charge in [-0.3, -0.25) is 4.57 Å². The zero-order chi connectivity index (χ0) is 26.6. The lowest BCUT2D eigenvalue weighted by Crippen LogP contribution is -2.36. The van der Waals surface area contributed by atoms with Gasteiger partial charge < -0.3 is 29.7 Å². The summed E-state index contributed by atoms with van der Waals surface area (Å²) in [6, 6.07) is 23.8. The van der Waals surface area contributed by atoms with Gasteiger partial charge in [0.25, 0.3) is 0 Å². The second-order valence-electron chi connectivity index (χ2n) is 9.02. The number of ether oxygens (including phenoxy) is 3. The van der Waals surface area contributed by atoms with Gasteiger partial charge in [0, 0.05) is 54.4 Å². The Hall–Kier alpha value is -4.83. The highest BCUT2D eigenvalue weighted by atomic mass is 16.5. The molecule has 0 radical (unpaired) electrons. The SMILES string of the molecule is COc1cc(Nc2nc3ccccc3n2-c2cc(Nc3ccc(N4CCOCC4)cc3)ncn2)cc(OC)c1. The molecule has 0 amide bonds. The number of rotatable bonds is 8. The van der Waals surface area contributed by atoms with Crippen LogP contribution < -0.4 is 25.0 Å². The van der Waals surface area contributed by atoms with Crippen molar-refractivity contribution < 1.29 is 14.2 Å². The van der Waals surface area contributed by atoms with Crippen molar-refractivity contribution in [3.63, 3.8) is 0 Å². The normalized spacial score (nSPS) is 13.3. The summed E-state index contributed by atoms with van der Waals surface area (Å²) in [6.45, 7) is 3.32. The summed E-state index contributed by atoms with van der Waals surface area (Å²) in [5.74, 6) is 3.29. The Kier molecular flexibility index (Phi) is 6.84. The first-order valence-electron chi connectivity index (χ1n) is 12.7. The Balaban J connectivity index is 1.31. The van der Waals surface area contributed by atoms with E-state index in [1.165, 1.54) is 5.69 Å². The van der Waals surface area contributed by atoms with Gasteiger partial charge in [0.2, 0.25) is 5.95 Å². The summed E-state index contributed by atoms with van der Waals surface area (Å²) in [6.07, 6.45) is 1.55. The van der Waals surface area contributed by atoms with Crippen LogP contribution in [-0.2, 0) is 4.74 Å². The highest BCUT2D eigenvalue weighted by Crippen LogP contribution is 2.31. The Bertz CT molecular complexity index is 1560. The number of hydrogen-bond donors (Lipinski definition) is 2. The van der Waals surface area contributed by atoms with Crippen LogP contribution in [0.1, 0.15) is 0 Å². The van der Waals surface area contributed by atoms with Crippen molar-refractivity contribution in [1.82, 2.24) is 19.5 Å². The molecule has 0 atom stereocenters. The minimum absolute atomic E-state index is 0.603. The van der Waals surface area contributed by atoms with E-state index in [0.29, 0.717) is 29.1 Å². The number of nitrogens with zero attached hydrogens (tertiary/aromatic N) is 5. The monoisotopic (exact) mass is 523 g/mol. The lowest BCUT2D eigenvalue weighted by atomic mass is 10.2. The molecule has 6 rings (SSSR count). The van der Waals surface area contributed by atoms with Crippen molar-refractivity contribution in [3.05, 3.63) is 79.1 Å². The molecule has 1 fully saturated rings. The smallest absolute Gasteiger partial charge is 0.214 e. The number of aromatic nitrogens is 4. The number of anilines is 5. The van der Waals surface area contributed by atoms with Gasteiger partial charge in [-0.1, -0.05) is 12.1 Å². The molecule has 1 aliphatic rings. The molecule has 5 aromatic rings. The number of fused-ring (bicyclic) bond motifs is 1. The molecule has 10 heteroatoms. The first-order valence-corrected chi connectivity index (χ1v) is 12.7. The van der Waals surface area contributed by atoms with Gasteiger partial charge in [-0.2, -0.15) is 0 Å². The molecule has 3 aromatic carbocycles. The molecular weight excluding hydrogens is 494 g/mol. The quantitative estimate of drug-likeness (QED) is 0.286. The molecule has 0 bridgehead atoms. The first kappa shape index (κ1) is 24.5. The summed E-state index contributed by atoms with van der Waals surface area (Å²) < 4.78 is 18.3. The fourth-order valence-electron chi connectivity index (χ4n) is 4.61. The lowest BCUT2D eigenvalue weighted by molar-refractivity contribution is 0.122. The predicted molar refractivity (Wildman–Crippen MR) is 152 cm³/mol. The van der Waals surface area contributed by atoms with Gasteiger partial charge in [-0.25, -0.2) is 15.0 Å². The second-order valence-corrected chi connectivity index (χ2v) is 9.02. The molecule has 1 saturated heterocycles. The second kappa shape index (κ2) is 10.9. The minimum Gasteiger partial charge on any atom is -0.497 e. The molecule has 0 aliphatic carbocycles. The van der Waals surface area contributed by atoms with Crippen molar-refractivity contribution in [1.29, 1.82) is 0 Å². The molecule has 0 saturated carbocycles. The number of nitrogens with one attached hydrogen (secondary N) is 2. The third-order valence-corrected chi connectivity index (χ3v) is 6.57. The van der Waals surface area contributed by atoms with Crippen LogP contribution in [0.4, 0.5) is 28.8 Å². The average molecular weight is 524 g/mol. The standard InChI is InChI=1S/C29H29N7O3/c1-37-23-15-21(16-24(17-23)38-2)33-29-34-25-5-3-4-6-26(25)36(29)28-18-27(30-19-31-28)32-20-7-9-22(10-8-20)35-11-13-39-14-12-35/h3-10,15-19H,11-14H2,1-2H3,(H,33,34)(H,30,31,32). The van der Waals surface area contributed by atoms with E-state index >= 15 is 0 Å². The molecule has 0 unspecified atom stereocenters. The van der Waals surface area contributed by atoms with Gasteiger partial charge >= 0.3 is 0 Å². The minimum atomic E-state index is 0.603. The van der Waals surface area contributed by atoms with E-state index in [1.807, 2.05) is 53.1 Å². The third-order valence-electron chi connectivity index (χ3n) is 6.57. The fraction of sp³-hybridized carbons (Fsp3) is 0.207. The van der Waals surface area contributed by atoms with Gasteiger partial charge in [0.05, 0.1) is 38.5 Å². The van der Waals surface area contributed by atoms with Crippen LogP contribution >= 0.6 is 0 Å². The molecular formula is C29H29N7O3. The van der Waals surface area contributed by atoms with Crippen molar-refractivity contribution in [2.45, 2.75) is 0 Å². The number of para-hydroxylation sites is 2. The van der Waals surface area contributed by atoms with E-state index in [4.69, 9.17) is 19.2 Å². The Morgan fingerprint density at radius 1 is 0.795 bits per heavy atom. The Labute approximate surface area is 226 Å². The number of methoxy groups -OCH3 is 2. The van der Waals surface area contributed by atoms with Crippen LogP contribution in [0.25, 0.3) is 16.9 Å². The van der Waals surface area contributed by atoms with Gasteiger partial charge in [-0.05, 0) is 36.4 Å². The Morgan fingerprint density at radius 2 is 1.54 bits per heavy atom. The third kappa shape index (κ3) is 5.27. The van der Waals surface area contributed by atoms with Crippen LogP contribution in [0, 0.1) is 0 Å². The van der Waals surface area contributed by atoms with Gasteiger partial charge in [0.15, 0.2) is 0 Å². The highest BCUT2D eigenvalue weighted by molar-refractivity contribution is 5.82. The van der Waals surface area contributed by atoms with Crippen LogP contribution in [0.3, 0.4) is 0 Å². The maximum Gasteiger partial charge on any atom is 0.214 e.